The Morgan fingerprint density at radius 1 is 1.38 bits per heavy atom. The smallest absolute Gasteiger partial charge is 0.251 e. The van der Waals surface area contributed by atoms with Crippen molar-refractivity contribution in [3.63, 3.8) is 0 Å². The lowest BCUT2D eigenvalue weighted by Crippen LogP contribution is -2.44. The molecule has 134 valence electrons. The number of nitrogens with one attached hydrogen (secondary N) is 1. The molecule has 2 saturated heterocycles. The SMILES string of the molecule is C[C@@H]1COCCN1c1cc(N2CCCC2(C)C)[nH]c(=O)c1.NC=O. The summed E-state index contributed by atoms with van der Waals surface area (Å²) in [5.74, 6) is 0.943. The van der Waals surface area contributed by atoms with E-state index in [1.165, 1.54) is 6.42 Å². The average Bonchev–Trinajstić information content (AvgIpc) is 2.87. The van der Waals surface area contributed by atoms with Crippen molar-refractivity contribution in [3.05, 3.63) is 22.5 Å². The second kappa shape index (κ2) is 7.70. The number of primary amides is 1. The van der Waals surface area contributed by atoms with Gasteiger partial charge in [0.2, 0.25) is 6.41 Å². The van der Waals surface area contributed by atoms with E-state index in [1.807, 2.05) is 0 Å². The molecular formula is C17H28N4O3. The molecule has 24 heavy (non-hydrogen) atoms. The maximum Gasteiger partial charge on any atom is 0.251 e. The van der Waals surface area contributed by atoms with Gasteiger partial charge >= 0.3 is 0 Å². The van der Waals surface area contributed by atoms with Gasteiger partial charge in [-0.25, -0.2) is 0 Å². The first kappa shape index (κ1) is 18.3. The molecule has 2 aliphatic heterocycles. The van der Waals surface area contributed by atoms with Gasteiger partial charge in [0.05, 0.1) is 13.2 Å². The molecule has 1 aromatic rings. The number of nitrogens with two attached hydrogens (primary N) is 1. The molecule has 1 aromatic heterocycles. The first-order chi connectivity index (χ1) is 11.4. The van der Waals surface area contributed by atoms with E-state index in [2.05, 4.69) is 47.4 Å². The number of aromatic nitrogens is 1. The number of carbonyl (C=O) groups excluding carboxylic acids is 1. The molecule has 0 bridgehead atoms. The van der Waals surface area contributed by atoms with Crippen molar-refractivity contribution in [2.45, 2.75) is 45.2 Å². The Hall–Kier alpha value is -2.02. The van der Waals surface area contributed by atoms with E-state index in [-0.39, 0.29) is 17.5 Å². The van der Waals surface area contributed by atoms with Crippen LogP contribution in [0.1, 0.15) is 33.6 Å². The fourth-order valence-electron chi connectivity index (χ4n) is 3.49. The zero-order valence-corrected chi connectivity index (χ0v) is 14.7. The van der Waals surface area contributed by atoms with Crippen LogP contribution in [-0.4, -0.2) is 49.3 Å². The summed E-state index contributed by atoms with van der Waals surface area (Å²) < 4.78 is 5.49. The standard InChI is InChI=1S/C16H25N3O2.CH3NO/c1-12-11-21-8-7-18(12)13-9-14(17-15(20)10-13)19-6-4-5-16(19,2)3;2-1-3/h9-10,12H,4-8,11H2,1-3H3,(H,17,20);1H,(H2,2,3)/t12-;/m1./s1. The summed E-state index contributed by atoms with van der Waals surface area (Å²) in [6, 6.07) is 4.13. The summed E-state index contributed by atoms with van der Waals surface area (Å²) in [4.78, 5) is 28.3. The van der Waals surface area contributed by atoms with Crippen LogP contribution < -0.4 is 21.1 Å². The molecule has 7 nitrogen and oxygen atoms in total. The normalized spacial score (nSPS) is 22.7. The number of amides is 1. The molecule has 0 spiro atoms. The quantitative estimate of drug-likeness (QED) is 0.789. The zero-order valence-electron chi connectivity index (χ0n) is 14.7. The number of carbonyl (C=O) groups is 1. The highest BCUT2D eigenvalue weighted by Crippen LogP contribution is 2.33. The van der Waals surface area contributed by atoms with Crippen LogP contribution in [0.3, 0.4) is 0 Å². The van der Waals surface area contributed by atoms with Gasteiger partial charge in [0.25, 0.3) is 5.56 Å². The van der Waals surface area contributed by atoms with Gasteiger partial charge in [-0.15, -0.1) is 0 Å². The Morgan fingerprint density at radius 2 is 2.08 bits per heavy atom. The number of H-pyrrole nitrogens is 1. The van der Waals surface area contributed by atoms with Crippen molar-refractivity contribution < 1.29 is 9.53 Å². The Labute approximate surface area is 142 Å². The third-order valence-corrected chi connectivity index (χ3v) is 4.71. The molecule has 0 aliphatic carbocycles. The van der Waals surface area contributed by atoms with Crippen molar-refractivity contribution in [2.24, 2.45) is 5.73 Å². The van der Waals surface area contributed by atoms with Gasteiger partial charge in [0.1, 0.15) is 5.82 Å². The van der Waals surface area contributed by atoms with E-state index in [0.717, 1.165) is 44.2 Å². The zero-order chi connectivity index (χ0) is 17.7. The summed E-state index contributed by atoms with van der Waals surface area (Å²) in [6.45, 7) is 9.90. The molecule has 2 aliphatic rings. The van der Waals surface area contributed by atoms with Gasteiger partial charge < -0.3 is 25.3 Å². The van der Waals surface area contributed by atoms with Gasteiger partial charge in [-0.05, 0) is 33.6 Å². The second-order valence-corrected chi connectivity index (χ2v) is 6.91. The first-order valence-corrected chi connectivity index (χ1v) is 8.41. The Balaban J connectivity index is 0.000000647. The van der Waals surface area contributed by atoms with Crippen LogP contribution >= 0.6 is 0 Å². The molecule has 3 heterocycles. The largest absolute Gasteiger partial charge is 0.377 e. The molecule has 0 aromatic carbocycles. The van der Waals surface area contributed by atoms with Crippen molar-refractivity contribution in [1.82, 2.24) is 4.98 Å². The molecular weight excluding hydrogens is 308 g/mol. The highest BCUT2D eigenvalue weighted by molar-refractivity contribution is 5.57. The van der Waals surface area contributed by atoms with E-state index < -0.39 is 0 Å². The number of morpholine rings is 1. The fraction of sp³-hybridized carbons (Fsp3) is 0.647. The molecule has 3 N–H and O–H groups in total. The summed E-state index contributed by atoms with van der Waals surface area (Å²) in [7, 11) is 0. The van der Waals surface area contributed by atoms with Gasteiger partial charge in [-0.3, -0.25) is 9.59 Å². The van der Waals surface area contributed by atoms with E-state index in [0.29, 0.717) is 6.04 Å². The minimum Gasteiger partial charge on any atom is -0.377 e. The lowest BCUT2D eigenvalue weighted by atomic mass is 10.0. The summed E-state index contributed by atoms with van der Waals surface area (Å²) in [6.07, 6.45) is 2.58. The number of nitrogens with zero attached hydrogens (tertiary/aromatic N) is 2. The highest BCUT2D eigenvalue weighted by Gasteiger charge is 2.33. The number of ether oxygens (including phenoxy) is 1. The first-order valence-electron chi connectivity index (χ1n) is 8.41. The van der Waals surface area contributed by atoms with Crippen LogP contribution in [-0.2, 0) is 9.53 Å². The maximum absolute atomic E-state index is 12.1. The van der Waals surface area contributed by atoms with Crippen LogP contribution in [0.25, 0.3) is 0 Å². The minimum absolute atomic E-state index is 0.0242. The predicted molar refractivity (Wildman–Crippen MR) is 95.6 cm³/mol. The van der Waals surface area contributed by atoms with Crippen LogP contribution in [0.2, 0.25) is 0 Å². The van der Waals surface area contributed by atoms with Gasteiger partial charge in [-0.1, -0.05) is 0 Å². The van der Waals surface area contributed by atoms with E-state index in [4.69, 9.17) is 9.53 Å². The van der Waals surface area contributed by atoms with Crippen LogP contribution in [0.5, 0.6) is 0 Å². The van der Waals surface area contributed by atoms with E-state index in [1.54, 1.807) is 6.07 Å². The summed E-state index contributed by atoms with van der Waals surface area (Å²) in [5.41, 5.74) is 5.26. The molecule has 7 heteroatoms. The Bertz CT molecular complexity index is 614. The topological polar surface area (TPSA) is 91.7 Å². The number of rotatable bonds is 2. The Kier molecular flexibility index (Phi) is 5.88. The monoisotopic (exact) mass is 336 g/mol. The number of hydrogen-bond donors (Lipinski definition) is 2. The second-order valence-electron chi connectivity index (χ2n) is 6.91. The Morgan fingerprint density at radius 3 is 2.67 bits per heavy atom. The van der Waals surface area contributed by atoms with Crippen molar-refractivity contribution in [1.29, 1.82) is 0 Å². The van der Waals surface area contributed by atoms with E-state index >= 15 is 0 Å². The lowest BCUT2D eigenvalue weighted by Gasteiger charge is -2.37. The predicted octanol–water partition coefficient (Wildman–Crippen LogP) is 1.08. The number of anilines is 2. The summed E-state index contributed by atoms with van der Waals surface area (Å²) in [5, 5.41) is 0. The van der Waals surface area contributed by atoms with Crippen molar-refractivity contribution >= 4 is 17.9 Å². The highest BCUT2D eigenvalue weighted by atomic mass is 16.5. The minimum atomic E-state index is -0.0242. The number of pyridine rings is 1. The fourth-order valence-corrected chi connectivity index (χ4v) is 3.49. The van der Waals surface area contributed by atoms with Crippen molar-refractivity contribution in [3.8, 4) is 0 Å². The van der Waals surface area contributed by atoms with Crippen LogP contribution in [0.4, 0.5) is 11.5 Å². The third-order valence-electron chi connectivity index (χ3n) is 4.71. The van der Waals surface area contributed by atoms with E-state index in [9.17, 15) is 4.79 Å². The molecule has 1 amide bonds. The van der Waals surface area contributed by atoms with Crippen LogP contribution in [0.15, 0.2) is 16.9 Å². The van der Waals surface area contributed by atoms with Crippen LogP contribution in [0, 0.1) is 0 Å². The molecule has 1 atom stereocenters. The molecule has 0 saturated carbocycles. The average molecular weight is 336 g/mol. The number of hydrogen-bond acceptors (Lipinski definition) is 5. The van der Waals surface area contributed by atoms with Gasteiger partial charge in [-0.2, -0.15) is 0 Å². The van der Waals surface area contributed by atoms with Crippen molar-refractivity contribution in [2.75, 3.05) is 36.1 Å². The number of aromatic amines is 1. The molecule has 2 fully saturated rings. The molecule has 3 rings (SSSR count). The third kappa shape index (κ3) is 4.08. The van der Waals surface area contributed by atoms with Gasteiger partial charge in [0, 0.05) is 42.5 Å². The summed E-state index contributed by atoms with van der Waals surface area (Å²) >= 11 is 0. The molecule has 0 unspecified atom stereocenters. The maximum atomic E-state index is 12.1. The lowest BCUT2D eigenvalue weighted by molar-refractivity contribution is -0.106. The molecule has 0 radical (unpaired) electrons. The van der Waals surface area contributed by atoms with Gasteiger partial charge in [0.15, 0.2) is 0 Å².